The van der Waals surface area contributed by atoms with E-state index < -0.39 is 5.97 Å². The van der Waals surface area contributed by atoms with Crippen LogP contribution in [0.25, 0.3) is 5.69 Å². The van der Waals surface area contributed by atoms with Gasteiger partial charge >= 0.3 is 5.97 Å². The summed E-state index contributed by atoms with van der Waals surface area (Å²) in [5.74, 6) is -0.589. The molecule has 2 aromatic heterocycles. The smallest absolute Gasteiger partial charge is 0.350 e. The van der Waals surface area contributed by atoms with E-state index in [1.165, 1.54) is 11.3 Å². The van der Waals surface area contributed by atoms with Gasteiger partial charge in [0.25, 0.3) is 5.91 Å². The van der Waals surface area contributed by atoms with Crippen molar-refractivity contribution < 1.29 is 14.3 Å². The van der Waals surface area contributed by atoms with Crippen LogP contribution in [0.3, 0.4) is 0 Å². The highest BCUT2D eigenvalue weighted by Gasteiger charge is 2.25. The molecular weight excluding hydrogens is 400 g/mol. The molecule has 0 aliphatic rings. The summed E-state index contributed by atoms with van der Waals surface area (Å²) >= 11 is 1.19. The first-order chi connectivity index (χ1) is 14.5. The molecule has 3 rings (SSSR count). The van der Waals surface area contributed by atoms with Crippen molar-refractivity contribution in [2.24, 2.45) is 0 Å². The highest BCUT2D eigenvalue weighted by molar-refractivity contribution is 7.17. The number of hydrogen-bond acceptors (Lipinski definition) is 6. The first-order valence-electron chi connectivity index (χ1n) is 10.1. The zero-order chi connectivity index (χ0) is 21.5. The molecule has 158 valence electrons. The molecule has 0 aliphatic carbocycles. The van der Waals surface area contributed by atoms with E-state index in [9.17, 15) is 9.59 Å². The van der Waals surface area contributed by atoms with Crippen LogP contribution in [-0.4, -0.2) is 39.8 Å². The molecule has 3 aromatic rings. The number of carbonyl (C=O) groups excluding carboxylic acids is 2. The molecule has 30 heavy (non-hydrogen) atoms. The molecule has 0 spiro atoms. The Morgan fingerprint density at radius 2 is 1.93 bits per heavy atom. The second-order valence-electron chi connectivity index (χ2n) is 6.80. The van der Waals surface area contributed by atoms with Gasteiger partial charge < -0.3 is 4.74 Å². The number of aromatic nitrogens is 3. The largest absolute Gasteiger partial charge is 0.462 e. The lowest BCUT2D eigenvalue weighted by Gasteiger charge is -2.19. The minimum absolute atomic E-state index is 0.183. The van der Waals surface area contributed by atoms with E-state index in [2.05, 4.69) is 17.0 Å². The Balaban J connectivity index is 1.88. The lowest BCUT2D eigenvalue weighted by atomic mass is 10.2. The molecule has 0 radical (unpaired) electrons. The molecule has 7 nitrogen and oxygen atoms in total. The van der Waals surface area contributed by atoms with Crippen molar-refractivity contribution in [3.63, 3.8) is 0 Å². The summed E-state index contributed by atoms with van der Waals surface area (Å²) in [6.07, 6.45) is 6.18. The van der Waals surface area contributed by atoms with Crippen molar-refractivity contribution in [3.8, 4) is 5.69 Å². The molecule has 8 heteroatoms. The average Bonchev–Trinajstić information content (AvgIpc) is 3.39. The second-order valence-corrected chi connectivity index (χ2v) is 7.78. The summed E-state index contributed by atoms with van der Waals surface area (Å²) in [5.41, 5.74) is 1.92. The highest BCUT2D eigenvalue weighted by Crippen LogP contribution is 2.28. The summed E-state index contributed by atoms with van der Waals surface area (Å²) < 4.78 is 6.79. The minimum atomic E-state index is -0.406. The number of thiazole rings is 1. The summed E-state index contributed by atoms with van der Waals surface area (Å²) in [6, 6.07) is 9.63. The van der Waals surface area contributed by atoms with Crippen LogP contribution >= 0.6 is 11.3 Å². The number of esters is 1. The molecule has 0 aliphatic heterocycles. The SMILES string of the molecule is CCCCCN(C(=O)c1cnn(-c2ccccc2)c1)c1nc(C)c(C(=O)OCC)s1. The zero-order valence-electron chi connectivity index (χ0n) is 17.5. The van der Waals surface area contributed by atoms with E-state index in [1.54, 1.807) is 35.8 Å². The molecule has 0 saturated carbocycles. The number of unbranched alkanes of at least 4 members (excludes halogenated alkanes) is 2. The Morgan fingerprint density at radius 1 is 1.17 bits per heavy atom. The van der Waals surface area contributed by atoms with Gasteiger partial charge in [0.2, 0.25) is 0 Å². The predicted molar refractivity (Wildman–Crippen MR) is 118 cm³/mol. The topological polar surface area (TPSA) is 77.3 Å². The monoisotopic (exact) mass is 426 g/mol. The van der Waals surface area contributed by atoms with Crippen LogP contribution in [0.4, 0.5) is 5.13 Å². The Kier molecular flexibility index (Phi) is 7.35. The predicted octanol–water partition coefficient (Wildman–Crippen LogP) is 4.65. The maximum absolute atomic E-state index is 13.3. The highest BCUT2D eigenvalue weighted by atomic mass is 32.1. The van der Waals surface area contributed by atoms with Gasteiger partial charge in [-0.25, -0.2) is 14.5 Å². The Morgan fingerprint density at radius 3 is 2.63 bits per heavy atom. The van der Waals surface area contributed by atoms with Crippen LogP contribution in [0.1, 0.15) is 58.8 Å². The van der Waals surface area contributed by atoms with Gasteiger partial charge in [-0.2, -0.15) is 5.10 Å². The second kappa shape index (κ2) is 10.2. The number of aryl methyl sites for hydroxylation is 1. The van der Waals surface area contributed by atoms with E-state index in [0.29, 0.717) is 34.4 Å². The molecule has 1 amide bonds. The van der Waals surface area contributed by atoms with E-state index in [4.69, 9.17) is 4.74 Å². The number of rotatable bonds is 9. The summed E-state index contributed by atoms with van der Waals surface area (Å²) in [4.78, 5) is 32.1. The van der Waals surface area contributed by atoms with E-state index in [0.717, 1.165) is 24.9 Å². The fourth-order valence-corrected chi connectivity index (χ4v) is 3.98. The first-order valence-corrected chi connectivity index (χ1v) is 10.9. The number of anilines is 1. The molecule has 0 unspecified atom stereocenters. The molecule has 0 N–H and O–H groups in total. The third-order valence-electron chi connectivity index (χ3n) is 4.56. The minimum Gasteiger partial charge on any atom is -0.462 e. The van der Waals surface area contributed by atoms with Crippen LogP contribution in [0.15, 0.2) is 42.7 Å². The molecular formula is C22H26N4O3S. The van der Waals surface area contributed by atoms with Crippen LogP contribution in [0, 0.1) is 6.92 Å². The number of para-hydroxylation sites is 1. The Labute approximate surface area is 180 Å². The number of nitrogens with zero attached hydrogens (tertiary/aromatic N) is 4. The number of carbonyl (C=O) groups is 2. The first kappa shape index (κ1) is 21.7. The van der Waals surface area contributed by atoms with E-state index in [1.807, 2.05) is 30.3 Å². The maximum Gasteiger partial charge on any atom is 0.350 e. The molecule has 2 heterocycles. The molecule has 1 aromatic carbocycles. The fraction of sp³-hybridized carbons (Fsp3) is 0.364. The van der Waals surface area contributed by atoms with Gasteiger partial charge in [0.05, 0.1) is 29.7 Å². The number of hydrogen-bond donors (Lipinski definition) is 0. The van der Waals surface area contributed by atoms with Crippen molar-refractivity contribution in [1.29, 1.82) is 0 Å². The van der Waals surface area contributed by atoms with Gasteiger partial charge in [-0.15, -0.1) is 0 Å². The molecule has 0 fully saturated rings. The maximum atomic E-state index is 13.3. The van der Waals surface area contributed by atoms with Crippen molar-refractivity contribution in [2.45, 2.75) is 40.0 Å². The van der Waals surface area contributed by atoms with Crippen LogP contribution in [0.5, 0.6) is 0 Å². The van der Waals surface area contributed by atoms with Crippen LogP contribution in [-0.2, 0) is 4.74 Å². The molecule has 0 bridgehead atoms. The standard InChI is InChI=1S/C22H26N4O3S/c1-4-6-10-13-25(22-24-16(3)19(30-22)21(28)29-5-2)20(27)17-14-23-26(15-17)18-11-8-7-9-12-18/h7-9,11-12,14-15H,4-6,10,13H2,1-3H3. The third-order valence-corrected chi connectivity index (χ3v) is 5.72. The third kappa shape index (κ3) is 4.94. The van der Waals surface area contributed by atoms with Crippen LogP contribution < -0.4 is 4.90 Å². The van der Waals surface area contributed by atoms with Gasteiger partial charge in [-0.1, -0.05) is 49.3 Å². The van der Waals surface area contributed by atoms with Crippen molar-refractivity contribution >= 4 is 28.3 Å². The quantitative estimate of drug-likeness (QED) is 0.368. The van der Waals surface area contributed by atoms with Crippen molar-refractivity contribution in [3.05, 3.63) is 58.9 Å². The Bertz CT molecular complexity index is 997. The lowest BCUT2D eigenvalue weighted by Crippen LogP contribution is -2.31. The average molecular weight is 427 g/mol. The van der Waals surface area contributed by atoms with Gasteiger partial charge in [-0.05, 0) is 32.4 Å². The van der Waals surface area contributed by atoms with Gasteiger partial charge in [-0.3, -0.25) is 9.69 Å². The number of benzene rings is 1. The normalized spacial score (nSPS) is 10.8. The number of amides is 1. The lowest BCUT2D eigenvalue weighted by molar-refractivity contribution is 0.0531. The summed E-state index contributed by atoms with van der Waals surface area (Å²) in [7, 11) is 0. The molecule has 0 saturated heterocycles. The van der Waals surface area contributed by atoms with Crippen molar-refractivity contribution in [2.75, 3.05) is 18.1 Å². The Hall–Kier alpha value is -3.00. The van der Waals surface area contributed by atoms with Gasteiger partial charge in [0, 0.05) is 12.7 Å². The van der Waals surface area contributed by atoms with Gasteiger partial charge in [0.15, 0.2) is 5.13 Å². The number of ether oxygens (including phenoxy) is 1. The summed E-state index contributed by atoms with van der Waals surface area (Å²) in [5, 5.41) is 4.84. The fourth-order valence-electron chi connectivity index (χ4n) is 3.00. The summed E-state index contributed by atoms with van der Waals surface area (Å²) in [6.45, 7) is 6.46. The van der Waals surface area contributed by atoms with Crippen LogP contribution in [0.2, 0.25) is 0 Å². The molecule has 0 atom stereocenters. The van der Waals surface area contributed by atoms with Crippen molar-refractivity contribution in [1.82, 2.24) is 14.8 Å². The van der Waals surface area contributed by atoms with Gasteiger partial charge in [0.1, 0.15) is 4.88 Å². The van der Waals surface area contributed by atoms with E-state index >= 15 is 0 Å². The zero-order valence-corrected chi connectivity index (χ0v) is 18.3. The van der Waals surface area contributed by atoms with E-state index in [-0.39, 0.29) is 5.91 Å².